The lowest BCUT2D eigenvalue weighted by molar-refractivity contribution is -0.115. The van der Waals surface area contributed by atoms with Gasteiger partial charge in [0.05, 0.1) is 12.1 Å². The molecular weight excluding hydrogens is 384 g/mol. The maximum absolute atomic E-state index is 12.5. The van der Waals surface area contributed by atoms with E-state index in [-0.39, 0.29) is 18.4 Å². The van der Waals surface area contributed by atoms with Gasteiger partial charge in [-0.2, -0.15) is 0 Å². The van der Waals surface area contributed by atoms with E-state index in [0.29, 0.717) is 16.5 Å². The van der Waals surface area contributed by atoms with Crippen LogP contribution in [0.1, 0.15) is 5.69 Å². The Hall–Kier alpha value is -3.71. The largest absolute Gasteiger partial charge is 0.325 e. The van der Waals surface area contributed by atoms with E-state index in [0.717, 1.165) is 16.5 Å². The number of nitrogens with one attached hydrogen (secondary N) is 3. The Morgan fingerprint density at radius 2 is 1.59 bits per heavy atom. The maximum Gasteiger partial charge on any atom is 0.325 e. The van der Waals surface area contributed by atoms with Crippen LogP contribution in [0.3, 0.4) is 0 Å². The lowest BCUT2D eigenvalue weighted by atomic mass is 10.1. The monoisotopic (exact) mass is 402 g/mol. The first-order valence-electron chi connectivity index (χ1n) is 9.02. The lowest BCUT2D eigenvalue weighted by Gasteiger charge is -2.08. The molecule has 0 aliphatic heterocycles. The van der Waals surface area contributed by atoms with Crippen LogP contribution in [-0.4, -0.2) is 16.9 Å². The van der Waals surface area contributed by atoms with Crippen molar-refractivity contribution in [2.75, 3.05) is 16.0 Å². The second-order valence-corrected chi connectivity index (χ2v) is 7.20. The first kappa shape index (κ1) is 18.6. The summed E-state index contributed by atoms with van der Waals surface area (Å²) in [7, 11) is 0. The molecule has 4 rings (SSSR count). The Kier molecular flexibility index (Phi) is 5.49. The first-order valence-corrected chi connectivity index (χ1v) is 9.90. The van der Waals surface area contributed by atoms with E-state index in [1.165, 1.54) is 11.3 Å². The molecule has 3 aromatic carbocycles. The number of amides is 3. The molecule has 0 aliphatic rings. The Morgan fingerprint density at radius 1 is 0.828 bits per heavy atom. The summed E-state index contributed by atoms with van der Waals surface area (Å²) < 4.78 is 0. The molecular formula is C22H18N4O2S. The molecule has 1 aromatic heterocycles. The highest BCUT2D eigenvalue weighted by Crippen LogP contribution is 2.23. The molecule has 0 unspecified atom stereocenters. The van der Waals surface area contributed by atoms with E-state index in [1.54, 1.807) is 17.5 Å². The summed E-state index contributed by atoms with van der Waals surface area (Å²) in [5, 5.41) is 12.6. The van der Waals surface area contributed by atoms with Crippen LogP contribution in [0.4, 0.5) is 21.3 Å². The fraction of sp³-hybridized carbons (Fsp3) is 0.0455. The number of para-hydroxylation sites is 1. The van der Waals surface area contributed by atoms with Crippen molar-refractivity contribution in [2.45, 2.75) is 6.42 Å². The maximum atomic E-state index is 12.5. The molecule has 144 valence electrons. The van der Waals surface area contributed by atoms with Crippen LogP contribution in [0.25, 0.3) is 10.8 Å². The number of fused-ring (bicyclic) bond motifs is 1. The van der Waals surface area contributed by atoms with Gasteiger partial charge in [0, 0.05) is 22.1 Å². The predicted octanol–water partition coefficient (Wildman–Crippen LogP) is 5.12. The zero-order valence-corrected chi connectivity index (χ0v) is 16.2. The Balaban J connectivity index is 1.36. The molecule has 0 saturated heterocycles. The highest BCUT2D eigenvalue weighted by Gasteiger charge is 2.11. The normalized spacial score (nSPS) is 10.5. The van der Waals surface area contributed by atoms with E-state index in [9.17, 15) is 9.59 Å². The standard InChI is InChI=1S/C22H18N4O2S/c27-20(25-19-12-6-8-15-7-4-5-11-18(15)19)13-17-14-29-22(24-17)26-21(28)23-16-9-2-1-3-10-16/h1-12,14H,13H2,(H,25,27)(H2,23,24,26,28). The number of carbonyl (C=O) groups excluding carboxylic acids is 2. The summed E-state index contributed by atoms with van der Waals surface area (Å²) in [4.78, 5) is 28.8. The zero-order chi connectivity index (χ0) is 20.1. The van der Waals surface area contributed by atoms with Crippen molar-refractivity contribution < 1.29 is 9.59 Å². The quantitative estimate of drug-likeness (QED) is 0.433. The van der Waals surface area contributed by atoms with Gasteiger partial charge in [-0.25, -0.2) is 9.78 Å². The van der Waals surface area contributed by atoms with Crippen LogP contribution in [0.2, 0.25) is 0 Å². The van der Waals surface area contributed by atoms with E-state index in [2.05, 4.69) is 20.9 Å². The Labute approximate surface area is 171 Å². The van der Waals surface area contributed by atoms with Crippen LogP contribution < -0.4 is 16.0 Å². The molecule has 0 aliphatic carbocycles. The van der Waals surface area contributed by atoms with E-state index in [4.69, 9.17) is 0 Å². The van der Waals surface area contributed by atoms with Gasteiger partial charge in [0.1, 0.15) is 0 Å². The number of urea groups is 1. The minimum atomic E-state index is -0.377. The number of nitrogens with zero attached hydrogens (tertiary/aromatic N) is 1. The fourth-order valence-electron chi connectivity index (χ4n) is 2.92. The van der Waals surface area contributed by atoms with Crippen LogP contribution in [-0.2, 0) is 11.2 Å². The second-order valence-electron chi connectivity index (χ2n) is 6.34. The van der Waals surface area contributed by atoms with Crippen molar-refractivity contribution >= 4 is 50.6 Å². The van der Waals surface area contributed by atoms with E-state index in [1.807, 2.05) is 60.7 Å². The molecule has 1 heterocycles. The number of thiazole rings is 1. The van der Waals surface area contributed by atoms with Gasteiger partial charge in [0.15, 0.2) is 5.13 Å². The van der Waals surface area contributed by atoms with Crippen LogP contribution in [0.15, 0.2) is 78.2 Å². The minimum Gasteiger partial charge on any atom is -0.325 e. The highest BCUT2D eigenvalue weighted by atomic mass is 32.1. The summed E-state index contributed by atoms with van der Waals surface area (Å²) in [5.74, 6) is -0.160. The summed E-state index contributed by atoms with van der Waals surface area (Å²) >= 11 is 1.28. The highest BCUT2D eigenvalue weighted by molar-refractivity contribution is 7.14. The first-order chi connectivity index (χ1) is 14.2. The number of anilines is 3. The zero-order valence-electron chi connectivity index (χ0n) is 15.4. The Bertz CT molecular complexity index is 1150. The summed E-state index contributed by atoms with van der Waals surface area (Å²) in [6.07, 6.45) is 0.127. The third-order valence-corrected chi connectivity index (χ3v) is 5.02. The van der Waals surface area contributed by atoms with Gasteiger partial charge >= 0.3 is 6.03 Å². The average molecular weight is 402 g/mol. The predicted molar refractivity (Wildman–Crippen MR) is 117 cm³/mol. The van der Waals surface area contributed by atoms with Crippen molar-refractivity contribution in [3.63, 3.8) is 0 Å². The molecule has 3 N–H and O–H groups in total. The molecule has 0 bridgehead atoms. The molecule has 6 nitrogen and oxygen atoms in total. The summed E-state index contributed by atoms with van der Waals surface area (Å²) in [6, 6.07) is 22.4. The molecule has 3 amide bonds. The summed E-state index contributed by atoms with van der Waals surface area (Å²) in [6.45, 7) is 0. The van der Waals surface area contributed by atoms with Crippen molar-refractivity contribution in [1.82, 2.24) is 4.98 Å². The number of hydrogen-bond donors (Lipinski definition) is 3. The van der Waals surface area contributed by atoms with Crippen LogP contribution in [0.5, 0.6) is 0 Å². The number of rotatable bonds is 5. The number of carbonyl (C=O) groups is 2. The third-order valence-electron chi connectivity index (χ3n) is 4.21. The molecule has 0 saturated carbocycles. The number of hydrogen-bond acceptors (Lipinski definition) is 4. The molecule has 7 heteroatoms. The van der Waals surface area contributed by atoms with Crippen molar-refractivity contribution in [3.05, 3.63) is 83.9 Å². The SMILES string of the molecule is O=C(Cc1csc(NC(=O)Nc2ccccc2)n1)Nc1cccc2ccccc12. The van der Waals surface area contributed by atoms with E-state index >= 15 is 0 Å². The van der Waals surface area contributed by atoms with Gasteiger partial charge < -0.3 is 10.6 Å². The Morgan fingerprint density at radius 3 is 2.45 bits per heavy atom. The van der Waals surface area contributed by atoms with Gasteiger partial charge in [-0.3, -0.25) is 10.1 Å². The van der Waals surface area contributed by atoms with Gasteiger partial charge in [-0.1, -0.05) is 54.6 Å². The average Bonchev–Trinajstić information content (AvgIpc) is 3.15. The smallest absolute Gasteiger partial charge is 0.325 e. The van der Waals surface area contributed by atoms with E-state index < -0.39 is 0 Å². The van der Waals surface area contributed by atoms with Crippen LogP contribution in [0, 0.1) is 0 Å². The molecule has 0 fully saturated rings. The van der Waals surface area contributed by atoms with Gasteiger partial charge in [0.2, 0.25) is 5.91 Å². The second kappa shape index (κ2) is 8.53. The van der Waals surface area contributed by atoms with Gasteiger partial charge in [0.25, 0.3) is 0 Å². The topological polar surface area (TPSA) is 83.1 Å². The third kappa shape index (κ3) is 4.77. The van der Waals surface area contributed by atoms with Crippen molar-refractivity contribution in [1.29, 1.82) is 0 Å². The number of aromatic nitrogens is 1. The van der Waals surface area contributed by atoms with Gasteiger partial charge in [-0.05, 0) is 23.6 Å². The van der Waals surface area contributed by atoms with Crippen molar-refractivity contribution in [2.24, 2.45) is 0 Å². The summed E-state index contributed by atoms with van der Waals surface area (Å²) in [5.41, 5.74) is 2.06. The molecule has 0 radical (unpaired) electrons. The molecule has 4 aromatic rings. The molecule has 0 atom stereocenters. The minimum absolute atomic E-state index is 0.127. The van der Waals surface area contributed by atoms with Crippen molar-refractivity contribution in [3.8, 4) is 0 Å². The fourth-order valence-corrected chi connectivity index (χ4v) is 3.63. The van der Waals surface area contributed by atoms with Gasteiger partial charge in [-0.15, -0.1) is 11.3 Å². The molecule has 0 spiro atoms. The number of benzene rings is 3. The molecule has 29 heavy (non-hydrogen) atoms. The van der Waals surface area contributed by atoms with Crippen LogP contribution >= 0.6 is 11.3 Å². The lowest BCUT2D eigenvalue weighted by Crippen LogP contribution is -2.19.